The number of aryl methyl sites for hydroxylation is 1. The van der Waals surface area contributed by atoms with Gasteiger partial charge in [0.25, 0.3) is 5.91 Å². The molecule has 1 atom stereocenters. The first-order valence-corrected chi connectivity index (χ1v) is 7.07. The van der Waals surface area contributed by atoms with Crippen molar-refractivity contribution in [1.82, 2.24) is 5.32 Å². The molecular weight excluding hydrogens is 302 g/mol. The van der Waals surface area contributed by atoms with Crippen molar-refractivity contribution in [3.63, 3.8) is 0 Å². The summed E-state index contributed by atoms with van der Waals surface area (Å²) in [6.07, 6.45) is -0.962. The summed E-state index contributed by atoms with van der Waals surface area (Å²) in [4.78, 5) is 33.6. The van der Waals surface area contributed by atoms with Crippen LogP contribution in [-0.2, 0) is 9.59 Å². The van der Waals surface area contributed by atoms with Gasteiger partial charge in [0, 0.05) is 24.1 Å². The standard InChI is InChI=1S/C16H17NO6/c1-9-7-15(20)23-13-8-11(3-4-12(9)13)22-10(2)16(21)17-6-5-14(18)19/h3-4,7-8,10H,5-6H2,1-2H3,(H,17,21)(H,18,19)/t10-/m1/s1. The molecule has 0 bridgehead atoms. The number of hydrogen-bond donors (Lipinski definition) is 2. The molecule has 122 valence electrons. The summed E-state index contributed by atoms with van der Waals surface area (Å²) in [5, 5.41) is 11.8. The van der Waals surface area contributed by atoms with Crippen LogP contribution in [0, 0.1) is 6.92 Å². The first-order valence-electron chi connectivity index (χ1n) is 7.07. The summed E-state index contributed by atoms with van der Waals surface area (Å²) in [6, 6.07) is 6.38. The van der Waals surface area contributed by atoms with E-state index in [9.17, 15) is 14.4 Å². The van der Waals surface area contributed by atoms with E-state index in [1.54, 1.807) is 32.0 Å². The van der Waals surface area contributed by atoms with Crippen LogP contribution < -0.4 is 15.7 Å². The molecule has 2 aromatic rings. The van der Waals surface area contributed by atoms with E-state index in [1.165, 1.54) is 6.07 Å². The fraction of sp³-hybridized carbons (Fsp3) is 0.312. The highest BCUT2D eigenvalue weighted by Gasteiger charge is 2.15. The summed E-state index contributed by atoms with van der Waals surface area (Å²) in [6.45, 7) is 3.39. The fourth-order valence-corrected chi connectivity index (χ4v) is 2.07. The molecule has 1 aromatic carbocycles. The molecule has 23 heavy (non-hydrogen) atoms. The summed E-state index contributed by atoms with van der Waals surface area (Å²) in [7, 11) is 0. The van der Waals surface area contributed by atoms with Crippen molar-refractivity contribution < 1.29 is 23.8 Å². The second kappa shape index (κ2) is 6.95. The number of ether oxygens (including phenoxy) is 1. The Morgan fingerprint density at radius 3 is 2.78 bits per heavy atom. The first-order chi connectivity index (χ1) is 10.9. The van der Waals surface area contributed by atoms with Crippen molar-refractivity contribution in [2.24, 2.45) is 0 Å². The average Bonchev–Trinajstić information content (AvgIpc) is 2.46. The topological polar surface area (TPSA) is 106 Å². The molecule has 0 unspecified atom stereocenters. The number of carbonyl (C=O) groups is 2. The van der Waals surface area contributed by atoms with Crippen LogP contribution in [0.1, 0.15) is 18.9 Å². The summed E-state index contributed by atoms with van der Waals surface area (Å²) in [5.41, 5.74) is 0.722. The van der Waals surface area contributed by atoms with Gasteiger partial charge in [-0.25, -0.2) is 4.79 Å². The van der Waals surface area contributed by atoms with E-state index in [0.717, 1.165) is 10.9 Å². The highest BCUT2D eigenvalue weighted by molar-refractivity contribution is 5.83. The molecule has 0 saturated heterocycles. The Balaban J connectivity index is 2.07. The van der Waals surface area contributed by atoms with Gasteiger partial charge in [0.05, 0.1) is 6.42 Å². The van der Waals surface area contributed by atoms with Gasteiger partial charge in [-0.05, 0) is 31.5 Å². The normalized spacial score (nSPS) is 11.9. The molecule has 0 aliphatic rings. The van der Waals surface area contributed by atoms with Gasteiger partial charge in [-0.3, -0.25) is 9.59 Å². The molecule has 0 radical (unpaired) electrons. The lowest BCUT2D eigenvalue weighted by Crippen LogP contribution is -2.37. The number of amides is 1. The van der Waals surface area contributed by atoms with Gasteiger partial charge in [0.1, 0.15) is 11.3 Å². The van der Waals surface area contributed by atoms with E-state index >= 15 is 0 Å². The predicted octanol–water partition coefficient (Wildman–Crippen LogP) is 1.46. The van der Waals surface area contributed by atoms with Crippen molar-refractivity contribution in [3.8, 4) is 5.75 Å². The molecule has 0 aliphatic heterocycles. The number of aliphatic carboxylic acids is 1. The first kappa shape index (κ1) is 16.5. The largest absolute Gasteiger partial charge is 0.481 e. The third-order valence-electron chi connectivity index (χ3n) is 3.24. The minimum Gasteiger partial charge on any atom is -0.481 e. The molecule has 0 fully saturated rings. The van der Waals surface area contributed by atoms with Crippen LogP contribution in [0.3, 0.4) is 0 Å². The van der Waals surface area contributed by atoms with Crippen LogP contribution >= 0.6 is 0 Å². The van der Waals surface area contributed by atoms with Gasteiger partial charge in [-0.2, -0.15) is 0 Å². The molecule has 2 N–H and O–H groups in total. The molecule has 1 amide bonds. The van der Waals surface area contributed by atoms with Crippen molar-refractivity contribution in [1.29, 1.82) is 0 Å². The maximum absolute atomic E-state index is 11.8. The third-order valence-corrected chi connectivity index (χ3v) is 3.24. The summed E-state index contributed by atoms with van der Waals surface area (Å²) in [5.74, 6) is -1.03. The zero-order valence-corrected chi connectivity index (χ0v) is 12.8. The third kappa shape index (κ3) is 4.32. The Morgan fingerprint density at radius 2 is 2.09 bits per heavy atom. The van der Waals surface area contributed by atoms with Crippen molar-refractivity contribution >= 4 is 22.8 Å². The lowest BCUT2D eigenvalue weighted by Gasteiger charge is -2.14. The summed E-state index contributed by atoms with van der Waals surface area (Å²) < 4.78 is 10.6. The van der Waals surface area contributed by atoms with Gasteiger partial charge < -0.3 is 19.6 Å². The molecular formula is C16H17NO6. The number of fused-ring (bicyclic) bond motifs is 1. The Bertz CT molecular complexity index is 795. The van der Waals surface area contributed by atoms with Gasteiger partial charge in [0.2, 0.25) is 0 Å². The molecule has 1 heterocycles. The van der Waals surface area contributed by atoms with Crippen LogP contribution in [-0.4, -0.2) is 29.6 Å². The van der Waals surface area contributed by atoms with Crippen molar-refractivity contribution in [3.05, 3.63) is 40.2 Å². The van der Waals surface area contributed by atoms with Crippen LogP contribution in [0.25, 0.3) is 11.0 Å². The Morgan fingerprint density at radius 1 is 1.35 bits per heavy atom. The number of hydrogen-bond acceptors (Lipinski definition) is 5. The monoisotopic (exact) mass is 319 g/mol. The highest BCUT2D eigenvalue weighted by atomic mass is 16.5. The highest BCUT2D eigenvalue weighted by Crippen LogP contribution is 2.22. The van der Waals surface area contributed by atoms with E-state index in [1.807, 2.05) is 0 Å². The molecule has 2 rings (SSSR count). The van der Waals surface area contributed by atoms with Gasteiger partial charge >= 0.3 is 11.6 Å². The predicted molar refractivity (Wildman–Crippen MR) is 82.6 cm³/mol. The van der Waals surface area contributed by atoms with E-state index < -0.39 is 23.6 Å². The number of rotatable bonds is 6. The maximum Gasteiger partial charge on any atom is 0.336 e. The van der Waals surface area contributed by atoms with Crippen LogP contribution in [0.2, 0.25) is 0 Å². The van der Waals surface area contributed by atoms with Crippen LogP contribution in [0.5, 0.6) is 5.75 Å². The number of carbonyl (C=O) groups excluding carboxylic acids is 1. The fourth-order valence-electron chi connectivity index (χ4n) is 2.07. The van der Waals surface area contributed by atoms with E-state index in [2.05, 4.69) is 5.32 Å². The second-order valence-electron chi connectivity index (χ2n) is 5.10. The second-order valence-corrected chi connectivity index (χ2v) is 5.10. The minimum absolute atomic E-state index is 0.0354. The van der Waals surface area contributed by atoms with Gasteiger partial charge in [-0.1, -0.05) is 0 Å². The smallest absolute Gasteiger partial charge is 0.336 e. The summed E-state index contributed by atoms with van der Waals surface area (Å²) >= 11 is 0. The molecule has 0 aliphatic carbocycles. The van der Waals surface area contributed by atoms with E-state index in [-0.39, 0.29) is 13.0 Å². The van der Waals surface area contributed by atoms with Crippen LogP contribution in [0.4, 0.5) is 0 Å². The van der Waals surface area contributed by atoms with Gasteiger partial charge in [0.15, 0.2) is 6.10 Å². The SMILES string of the molecule is Cc1cc(=O)oc2cc(O[C@H](C)C(=O)NCCC(=O)O)ccc12. The van der Waals surface area contributed by atoms with E-state index in [4.69, 9.17) is 14.3 Å². The van der Waals surface area contributed by atoms with E-state index in [0.29, 0.717) is 11.3 Å². The Labute approximate surface area is 131 Å². The lowest BCUT2D eigenvalue weighted by molar-refractivity contribution is -0.137. The minimum atomic E-state index is -0.987. The number of carboxylic acids is 1. The molecule has 0 saturated carbocycles. The lowest BCUT2D eigenvalue weighted by atomic mass is 10.1. The Hall–Kier alpha value is -2.83. The number of benzene rings is 1. The average molecular weight is 319 g/mol. The van der Waals surface area contributed by atoms with Crippen molar-refractivity contribution in [2.45, 2.75) is 26.4 Å². The molecule has 0 spiro atoms. The zero-order valence-electron chi connectivity index (χ0n) is 12.8. The molecule has 1 aromatic heterocycles. The zero-order chi connectivity index (χ0) is 17.0. The quantitative estimate of drug-likeness (QED) is 0.781. The number of nitrogens with one attached hydrogen (secondary N) is 1. The Kier molecular flexibility index (Phi) is 5.00. The van der Waals surface area contributed by atoms with Gasteiger partial charge in [-0.15, -0.1) is 0 Å². The molecule has 7 heteroatoms. The number of carboxylic acid groups (broad SMARTS) is 1. The van der Waals surface area contributed by atoms with Crippen molar-refractivity contribution in [2.75, 3.05) is 6.54 Å². The maximum atomic E-state index is 11.8. The van der Waals surface area contributed by atoms with Crippen LogP contribution in [0.15, 0.2) is 33.5 Å². The molecule has 7 nitrogen and oxygen atoms in total.